The van der Waals surface area contributed by atoms with Crippen LogP contribution in [0.3, 0.4) is 0 Å². The number of para-hydroxylation sites is 1. The molecule has 95 heavy (non-hydrogen) atoms. The van der Waals surface area contributed by atoms with Crippen LogP contribution >= 0.6 is 21.6 Å². The number of fused-ring (bicyclic) bond motifs is 1. The molecule has 1 fully saturated rings. The summed E-state index contributed by atoms with van der Waals surface area (Å²) >= 11 is 0. The molecule has 1 saturated heterocycles. The second-order valence-corrected chi connectivity index (χ2v) is 25.3. The number of rotatable bonds is 35. The van der Waals surface area contributed by atoms with Gasteiger partial charge in [-0.05, 0) is 101 Å². The van der Waals surface area contributed by atoms with E-state index in [2.05, 4.69) is 68.1 Å². The first kappa shape index (κ1) is 76.6. The van der Waals surface area contributed by atoms with Gasteiger partial charge in [0.2, 0.25) is 70.9 Å². The Balaban J connectivity index is 1.45. The minimum Gasteiger partial charge on any atom is -0.481 e. The van der Waals surface area contributed by atoms with Gasteiger partial charge in [0.05, 0.1) is 12.7 Å². The fraction of sp³-hybridized carbons (Fsp3) is 0.508. The minimum absolute atomic E-state index is 0.0127. The average Bonchev–Trinajstić information content (AvgIpc) is 1.87. The van der Waals surface area contributed by atoms with E-state index >= 15 is 0 Å². The Labute approximate surface area is 556 Å². The molecule has 0 bridgehead atoms. The fourth-order valence-electron chi connectivity index (χ4n) is 10.2. The third kappa shape index (κ3) is 26.3. The van der Waals surface area contributed by atoms with Crippen LogP contribution < -0.4 is 81.8 Å². The van der Waals surface area contributed by atoms with Crippen molar-refractivity contribution in [3.63, 3.8) is 0 Å². The van der Waals surface area contributed by atoms with Crippen LogP contribution in [0.15, 0.2) is 73.3 Å². The van der Waals surface area contributed by atoms with E-state index in [-0.39, 0.29) is 76.1 Å². The van der Waals surface area contributed by atoms with Crippen molar-refractivity contribution in [3.05, 3.63) is 90.1 Å². The molecule has 12 amide bonds. The highest BCUT2D eigenvalue weighted by Crippen LogP contribution is 2.25. The van der Waals surface area contributed by atoms with Crippen molar-refractivity contribution in [2.75, 3.05) is 31.1 Å². The number of nitrogens with two attached hydrogens (primary N) is 5. The smallest absolute Gasteiger partial charge is 0.303 e. The zero-order valence-corrected chi connectivity index (χ0v) is 54.4. The Bertz CT molecular complexity index is 3250. The molecule has 5 rings (SSSR count). The van der Waals surface area contributed by atoms with E-state index in [1.807, 2.05) is 0 Å². The summed E-state index contributed by atoms with van der Waals surface area (Å²) in [6.45, 7) is 1.84. The minimum atomic E-state index is -1.81. The second kappa shape index (κ2) is 40.2. The maximum Gasteiger partial charge on any atom is 0.303 e. The molecule has 0 unspecified atom stereocenters. The summed E-state index contributed by atoms with van der Waals surface area (Å²) in [6, 6.07) is 0.998. The normalized spacial score (nSPS) is 18.9. The maximum absolute atomic E-state index is 14.7. The van der Waals surface area contributed by atoms with Crippen LogP contribution in [0.1, 0.15) is 101 Å². The molecule has 0 spiro atoms. The van der Waals surface area contributed by atoms with Gasteiger partial charge in [-0.2, -0.15) is 0 Å². The SMILES string of the molecule is CC(=O)N[C@H]1CSSC[C@@H](C(=O)N[C@@H](CCC(=O)O)C(=O)N[C@@H](CCCCN)C(=O)N[C@@H](CC(N)=O)C(=O)N[C@@H](Cc2c[nH]c3ccccc23)C(=O)N[C@@H](Cc2ccccc2)C(N)=O)NC(=O)[C@H](Cc2cnc[nH]2)NC(=O)[C@H](CCCCN)NC(=O)[C@H](CCCCN)NC1=O. The molecule has 0 radical (unpaired) electrons. The third-order valence-corrected chi connectivity index (χ3v) is 17.6. The molecule has 23 N–H and O–H groups in total. The van der Waals surface area contributed by atoms with Crippen LogP contribution in [-0.4, -0.2) is 188 Å². The monoisotopic (exact) mass is 1360 g/mol. The van der Waals surface area contributed by atoms with E-state index in [1.54, 1.807) is 60.8 Å². The Morgan fingerprint density at radius 2 is 1.15 bits per heavy atom. The van der Waals surface area contributed by atoms with Gasteiger partial charge < -0.3 is 96.9 Å². The van der Waals surface area contributed by atoms with Gasteiger partial charge in [0.1, 0.15) is 60.4 Å². The Kier molecular flexibility index (Phi) is 32.4. The summed E-state index contributed by atoms with van der Waals surface area (Å²) in [5, 5.41) is 36.6. The van der Waals surface area contributed by atoms with Crippen LogP contribution in [0.5, 0.6) is 0 Å². The number of carboxylic acids is 1. The molecule has 10 atom stereocenters. The summed E-state index contributed by atoms with van der Waals surface area (Å²) < 4.78 is 0. The number of primary amides is 2. The molecule has 34 heteroatoms. The number of imidazole rings is 1. The largest absolute Gasteiger partial charge is 0.481 e. The molecule has 3 heterocycles. The number of nitrogens with zero attached hydrogens (tertiary/aromatic N) is 1. The number of carboxylic acid groups (broad SMARTS) is 1. The average molecular weight is 1360 g/mol. The second-order valence-electron chi connectivity index (χ2n) is 22.8. The quantitative estimate of drug-likeness (QED) is 0.0159. The summed E-state index contributed by atoms with van der Waals surface area (Å²) in [4.78, 5) is 190. The van der Waals surface area contributed by atoms with Gasteiger partial charge in [0.15, 0.2) is 0 Å². The first-order chi connectivity index (χ1) is 45.5. The van der Waals surface area contributed by atoms with Crippen molar-refractivity contribution >= 4 is 109 Å². The first-order valence-corrected chi connectivity index (χ1v) is 33.7. The Morgan fingerprint density at radius 3 is 1.76 bits per heavy atom. The number of unbranched alkanes of at least 4 members (excludes halogenated alkanes) is 3. The molecular formula is C61H88N18O14S2. The molecule has 4 aromatic rings. The van der Waals surface area contributed by atoms with Crippen LogP contribution in [0.4, 0.5) is 0 Å². The number of aromatic nitrogens is 3. The van der Waals surface area contributed by atoms with E-state index < -0.39 is 157 Å². The number of benzene rings is 2. The molecule has 2 aromatic carbocycles. The number of carbonyl (C=O) groups excluding carboxylic acids is 12. The van der Waals surface area contributed by atoms with E-state index in [9.17, 15) is 67.4 Å². The van der Waals surface area contributed by atoms with E-state index in [4.69, 9.17) is 28.7 Å². The van der Waals surface area contributed by atoms with Gasteiger partial charge in [0, 0.05) is 73.1 Å². The van der Waals surface area contributed by atoms with Crippen LogP contribution in [0, 0.1) is 0 Å². The van der Waals surface area contributed by atoms with E-state index in [0.717, 1.165) is 21.6 Å². The first-order valence-electron chi connectivity index (χ1n) is 31.2. The predicted octanol–water partition coefficient (Wildman–Crippen LogP) is -3.21. The highest BCUT2D eigenvalue weighted by atomic mass is 33.1. The summed E-state index contributed by atoms with van der Waals surface area (Å²) in [5.41, 5.74) is 31.0. The summed E-state index contributed by atoms with van der Waals surface area (Å²) in [5.74, 6) is -12.9. The number of carbonyl (C=O) groups is 13. The topological polar surface area (TPSA) is 537 Å². The van der Waals surface area contributed by atoms with Gasteiger partial charge in [-0.15, -0.1) is 0 Å². The summed E-state index contributed by atoms with van der Waals surface area (Å²) in [7, 11) is 1.92. The van der Waals surface area contributed by atoms with Crippen molar-refractivity contribution in [2.24, 2.45) is 28.7 Å². The van der Waals surface area contributed by atoms with Gasteiger partial charge >= 0.3 is 5.97 Å². The zero-order chi connectivity index (χ0) is 69.4. The highest BCUT2D eigenvalue weighted by Gasteiger charge is 2.37. The van der Waals surface area contributed by atoms with E-state index in [0.29, 0.717) is 59.8 Å². The van der Waals surface area contributed by atoms with Crippen molar-refractivity contribution in [3.8, 4) is 0 Å². The molecule has 1 aliphatic rings. The number of aliphatic carboxylic acids is 1. The molecule has 518 valence electrons. The Hall–Kier alpha value is -9.12. The maximum atomic E-state index is 14.7. The lowest BCUT2D eigenvalue weighted by atomic mass is 10.0. The van der Waals surface area contributed by atoms with Crippen LogP contribution in [-0.2, 0) is 81.6 Å². The number of hydrogen-bond donors (Lipinski definition) is 18. The summed E-state index contributed by atoms with van der Waals surface area (Å²) in [6.07, 6.45) is 3.84. The van der Waals surface area contributed by atoms with Crippen LogP contribution in [0.2, 0.25) is 0 Å². The molecule has 1 aliphatic heterocycles. The van der Waals surface area contributed by atoms with Gasteiger partial charge in [-0.1, -0.05) is 70.1 Å². The lowest BCUT2D eigenvalue weighted by Gasteiger charge is -2.28. The molecule has 0 saturated carbocycles. The van der Waals surface area contributed by atoms with Crippen molar-refractivity contribution in [2.45, 2.75) is 164 Å². The number of nitrogens with one attached hydrogen (secondary N) is 12. The molecule has 2 aromatic heterocycles. The van der Waals surface area contributed by atoms with Crippen molar-refractivity contribution in [1.29, 1.82) is 0 Å². The zero-order valence-electron chi connectivity index (χ0n) is 52.7. The van der Waals surface area contributed by atoms with Gasteiger partial charge in [0.25, 0.3) is 0 Å². The predicted molar refractivity (Wildman–Crippen MR) is 353 cm³/mol. The van der Waals surface area contributed by atoms with Gasteiger partial charge in [-0.3, -0.25) is 62.3 Å². The molecule has 32 nitrogen and oxygen atoms in total. The number of amides is 12. The van der Waals surface area contributed by atoms with Crippen LogP contribution in [0.25, 0.3) is 10.9 Å². The lowest BCUT2D eigenvalue weighted by molar-refractivity contribution is -0.139. The van der Waals surface area contributed by atoms with Crippen molar-refractivity contribution < 1.29 is 67.4 Å². The number of aromatic amines is 2. The lowest BCUT2D eigenvalue weighted by Crippen LogP contribution is -2.61. The molecule has 0 aliphatic carbocycles. The number of H-pyrrole nitrogens is 2. The van der Waals surface area contributed by atoms with E-state index in [1.165, 1.54) is 19.4 Å². The Morgan fingerprint density at radius 1 is 0.600 bits per heavy atom. The fourth-order valence-corrected chi connectivity index (χ4v) is 12.5. The van der Waals surface area contributed by atoms with Crippen molar-refractivity contribution in [1.82, 2.24) is 68.1 Å². The number of hydrogen-bond acceptors (Lipinski definition) is 19. The van der Waals surface area contributed by atoms with Gasteiger partial charge in [-0.25, -0.2) is 4.98 Å². The standard InChI is InChI=1S/C61H88N18O14S2/c1-34(80)70-48-31-94-95-32-49(79-58(90)46(27-37-30-67-33-69-37)77-54(86)41(18-8-11-23-63)71-53(85)40(73-60(48)92)17-7-10-22-62)61(93)74-43(20-21-51(82)83)56(88)72-42(19-9-12-24-64)55(87)78-47(28-50(65)81)59(91)76-45(26-36-29-68-39-16-6-5-15-38(36)39)57(89)75-44(52(66)84)25-35-13-3-2-4-14-35/h2-6,13-16,29-30,33,40-49,68H,7-12,17-28,31-32,62-64H2,1H3,(H2,65,81)(H2,66,84)(H,67,69)(H,70,80)(H,71,85)(H,72,88)(H,73,92)(H,74,93)(H,75,89)(H,76,91)(H,77,86)(H,78,87)(H,79,90)(H,82,83)/t40-,41-,42-,43-,44-,45-,46-,47-,48-,49-/m0/s1. The highest BCUT2D eigenvalue weighted by molar-refractivity contribution is 8.76. The third-order valence-electron chi connectivity index (χ3n) is 15.2. The molecular weight excluding hydrogens is 1270 g/mol.